The summed E-state index contributed by atoms with van der Waals surface area (Å²) in [4.78, 5) is 0. The maximum atomic E-state index is 2.39. The van der Waals surface area contributed by atoms with Gasteiger partial charge in [-0.2, -0.15) is 0 Å². The summed E-state index contributed by atoms with van der Waals surface area (Å²) in [5, 5.41) is 0. The van der Waals surface area contributed by atoms with E-state index in [4.69, 9.17) is 0 Å². The molecule has 104 valence electrons. The van der Waals surface area contributed by atoms with Crippen LogP contribution in [0.25, 0.3) is 12.2 Å². The third-order valence-corrected chi connectivity index (χ3v) is 6.18. The second-order valence-electron chi connectivity index (χ2n) is 6.10. The van der Waals surface area contributed by atoms with Crippen LogP contribution in [0, 0.1) is 13.8 Å². The van der Waals surface area contributed by atoms with Crippen LogP contribution in [0.4, 0.5) is 0 Å². The fourth-order valence-corrected chi connectivity index (χ4v) is 5.02. The van der Waals surface area contributed by atoms with Gasteiger partial charge in [0.1, 0.15) is 0 Å². The van der Waals surface area contributed by atoms with Gasteiger partial charge >= 0.3 is 29.6 Å². The van der Waals surface area contributed by atoms with E-state index in [2.05, 4.69) is 74.5 Å². The Kier molecular flexibility index (Phi) is 4.61. The Labute approximate surface area is 158 Å². The molecule has 0 spiro atoms. The van der Waals surface area contributed by atoms with Crippen molar-refractivity contribution >= 4 is 21.7 Å². The van der Waals surface area contributed by atoms with Crippen LogP contribution in [0.5, 0.6) is 0 Å². The average Bonchev–Trinajstić information content (AvgIpc) is 3.03. The summed E-state index contributed by atoms with van der Waals surface area (Å²) in [7, 11) is 0.893. The molecule has 0 amide bonds. The van der Waals surface area contributed by atoms with Gasteiger partial charge in [-0.15, -0.1) is 0 Å². The molecule has 0 heterocycles. The van der Waals surface area contributed by atoms with Crippen LogP contribution in [0.2, 0.25) is 0 Å². The van der Waals surface area contributed by atoms with Crippen LogP contribution in [0.1, 0.15) is 45.9 Å². The van der Waals surface area contributed by atoms with E-state index in [0.29, 0.717) is 11.1 Å². The second kappa shape index (κ2) is 6.33. The van der Waals surface area contributed by atoms with Gasteiger partial charge in [0.25, 0.3) is 0 Å². The first kappa shape index (κ1) is 16.0. The summed E-state index contributed by atoms with van der Waals surface area (Å²) >= 11 is 0. The van der Waals surface area contributed by atoms with Crippen LogP contribution in [0.3, 0.4) is 0 Å². The first-order valence-electron chi connectivity index (χ1n) is 7.54. The van der Waals surface area contributed by atoms with Gasteiger partial charge in [-0.1, -0.05) is 71.8 Å². The van der Waals surface area contributed by atoms with Crippen molar-refractivity contribution in [2.45, 2.75) is 24.9 Å². The maximum absolute atomic E-state index is 2.39. The van der Waals surface area contributed by atoms with Crippen molar-refractivity contribution in [2.75, 3.05) is 0 Å². The molecular weight excluding hydrogens is 291 g/mol. The van der Waals surface area contributed by atoms with E-state index in [1.165, 1.54) is 33.4 Å². The van der Waals surface area contributed by atoms with E-state index in [9.17, 15) is 0 Å². The minimum atomic E-state index is 0. The summed E-state index contributed by atoms with van der Waals surface area (Å²) in [6.07, 6.45) is 9.38. The summed E-state index contributed by atoms with van der Waals surface area (Å²) < 4.78 is 0. The summed E-state index contributed by atoms with van der Waals surface area (Å²) in [5.41, 5.74) is 9.72. The number of aryl methyl sites for hydroxylation is 2. The van der Waals surface area contributed by atoms with Gasteiger partial charge < -0.3 is 1.43 Å². The summed E-state index contributed by atoms with van der Waals surface area (Å²) in [5.74, 6) is 0. The van der Waals surface area contributed by atoms with Gasteiger partial charge in [-0.25, -0.2) is 0 Å². The van der Waals surface area contributed by atoms with Crippen molar-refractivity contribution in [2.24, 2.45) is 0 Å². The molecule has 0 N–H and O–H groups in total. The first-order chi connectivity index (χ1) is 10.2. The number of rotatable bonds is 2. The molecule has 0 fully saturated rings. The van der Waals surface area contributed by atoms with Gasteiger partial charge in [-0.05, 0) is 47.2 Å². The Morgan fingerprint density at radius 2 is 1.23 bits per heavy atom. The Hall–Kier alpha value is -0.863. The predicted molar refractivity (Wildman–Crippen MR) is 92.8 cm³/mol. The smallest absolute Gasteiger partial charge is 1.00 e. The van der Waals surface area contributed by atoms with Crippen molar-refractivity contribution in [3.8, 4) is 0 Å². The molecule has 2 aliphatic rings. The van der Waals surface area contributed by atoms with Gasteiger partial charge in [0.15, 0.2) is 0 Å². The second-order valence-corrected chi connectivity index (χ2v) is 7.68. The van der Waals surface area contributed by atoms with Crippen molar-refractivity contribution in [3.63, 3.8) is 0 Å². The molecule has 2 radical (unpaired) electrons. The SMILES string of the molecule is Cc1ccc2c(c1)C=CC2[Si]C1C=Cc2cc(C)ccc21.[H-].[Na+]. The van der Waals surface area contributed by atoms with E-state index in [1.54, 1.807) is 0 Å². The molecule has 2 aromatic rings. The molecule has 4 rings (SSSR count). The molecule has 2 atom stereocenters. The predicted octanol–water partition coefficient (Wildman–Crippen LogP) is 1.96. The molecule has 0 aliphatic heterocycles. The third kappa shape index (κ3) is 2.83. The number of fused-ring (bicyclic) bond motifs is 2. The zero-order chi connectivity index (χ0) is 14.4. The van der Waals surface area contributed by atoms with Crippen LogP contribution >= 0.6 is 0 Å². The van der Waals surface area contributed by atoms with Crippen LogP contribution in [0.15, 0.2) is 48.6 Å². The summed E-state index contributed by atoms with van der Waals surface area (Å²) in [6.45, 7) is 4.34. The van der Waals surface area contributed by atoms with Gasteiger partial charge in [0.2, 0.25) is 0 Å². The Bertz CT molecular complexity index is 714. The number of allylic oxidation sites excluding steroid dienone is 2. The average molecular weight is 310 g/mol. The Morgan fingerprint density at radius 3 is 1.68 bits per heavy atom. The van der Waals surface area contributed by atoms with E-state index in [1.807, 2.05) is 0 Å². The minimum absolute atomic E-state index is 0. The van der Waals surface area contributed by atoms with Crippen LogP contribution in [-0.2, 0) is 0 Å². The molecule has 0 saturated heterocycles. The molecule has 0 saturated carbocycles. The number of hydrogen-bond donors (Lipinski definition) is 0. The topological polar surface area (TPSA) is 0 Å². The Balaban J connectivity index is 0.000000960. The molecule has 2 heteroatoms. The van der Waals surface area contributed by atoms with E-state index < -0.39 is 0 Å². The minimum Gasteiger partial charge on any atom is -1.00 e. The number of benzene rings is 2. The monoisotopic (exact) mass is 310 g/mol. The van der Waals surface area contributed by atoms with E-state index in [-0.39, 0.29) is 31.0 Å². The van der Waals surface area contributed by atoms with Crippen LogP contribution in [-0.4, -0.2) is 9.52 Å². The molecule has 2 aromatic carbocycles. The van der Waals surface area contributed by atoms with Crippen molar-refractivity contribution in [1.82, 2.24) is 0 Å². The quantitative estimate of drug-likeness (QED) is 0.744. The normalized spacial score (nSPS) is 20.6. The Morgan fingerprint density at radius 1 is 0.773 bits per heavy atom. The maximum Gasteiger partial charge on any atom is 1.00 e. The van der Waals surface area contributed by atoms with Crippen LogP contribution < -0.4 is 29.6 Å². The van der Waals surface area contributed by atoms with Gasteiger partial charge in [0.05, 0.1) is 9.52 Å². The standard InChI is InChI=1S/C20H18Si.Na.H/c1-13-3-7-17-15(11-13)5-9-19(17)21-20-10-6-16-12-14(2)4-8-18(16)20;;/h3-12,19-20H,1-2H3;;/q;+1;-1. The fraction of sp³-hybridized carbons (Fsp3) is 0.200. The third-order valence-electron chi connectivity index (χ3n) is 4.45. The molecule has 2 unspecified atom stereocenters. The summed E-state index contributed by atoms with van der Waals surface area (Å²) in [6, 6.07) is 13.7. The van der Waals surface area contributed by atoms with Crippen molar-refractivity contribution in [3.05, 3.63) is 81.9 Å². The molecule has 0 bridgehead atoms. The van der Waals surface area contributed by atoms with Crippen molar-refractivity contribution in [1.29, 1.82) is 0 Å². The fourth-order valence-electron chi connectivity index (χ4n) is 3.33. The molecular formula is C20H19NaSi. The van der Waals surface area contributed by atoms with Gasteiger partial charge in [-0.3, -0.25) is 0 Å². The molecule has 0 nitrogen and oxygen atoms in total. The van der Waals surface area contributed by atoms with E-state index >= 15 is 0 Å². The molecule has 2 aliphatic carbocycles. The largest absolute Gasteiger partial charge is 1.00 e. The first-order valence-corrected chi connectivity index (χ1v) is 8.70. The van der Waals surface area contributed by atoms with Gasteiger partial charge in [0, 0.05) is 0 Å². The van der Waals surface area contributed by atoms with Crippen molar-refractivity contribution < 1.29 is 31.0 Å². The van der Waals surface area contributed by atoms with E-state index in [0.717, 1.165) is 9.52 Å². The zero-order valence-electron chi connectivity index (χ0n) is 14.4. The number of hydrogen-bond acceptors (Lipinski definition) is 0. The molecule has 0 aromatic heterocycles. The zero-order valence-corrected chi connectivity index (χ0v) is 16.4. The molecule has 22 heavy (non-hydrogen) atoms.